The van der Waals surface area contributed by atoms with Crippen LogP contribution < -0.4 is 0 Å². The second-order valence-corrected chi connectivity index (χ2v) is 5.03. The van der Waals surface area contributed by atoms with Crippen LogP contribution in [0.1, 0.15) is 32.7 Å². The summed E-state index contributed by atoms with van der Waals surface area (Å²) in [6, 6.07) is 3.72. The van der Waals surface area contributed by atoms with Crippen molar-refractivity contribution in [2.75, 3.05) is 0 Å². The molecule has 3 heteroatoms. The van der Waals surface area contributed by atoms with Crippen molar-refractivity contribution >= 4 is 5.78 Å². The molecule has 0 fully saturated rings. The number of Topliss-reactive ketones (excluding diaryl/α,β-unsaturated/α-hetero) is 1. The van der Waals surface area contributed by atoms with E-state index in [1.807, 2.05) is 33.9 Å². The van der Waals surface area contributed by atoms with Crippen molar-refractivity contribution in [1.29, 1.82) is 0 Å². The van der Waals surface area contributed by atoms with Crippen LogP contribution >= 0.6 is 0 Å². The number of ketones is 1. The van der Waals surface area contributed by atoms with Crippen LogP contribution in [0.4, 0.5) is 0 Å². The molecule has 21 heavy (non-hydrogen) atoms. The summed E-state index contributed by atoms with van der Waals surface area (Å²) < 4.78 is 1.74. The third-order valence-electron chi connectivity index (χ3n) is 3.68. The van der Waals surface area contributed by atoms with Crippen LogP contribution in [0.25, 0.3) is 11.3 Å². The number of rotatable bonds is 2. The summed E-state index contributed by atoms with van der Waals surface area (Å²) in [6.07, 6.45) is 10.8. The molecule has 0 radical (unpaired) electrons. The Morgan fingerprint density at radius 3 is 2.43 bits per heavy atom. The van der Waals surface area contributed by atoms with E-state index in [2.05, 4.69) is 16.9 Å². The topological polar surface area (TPSA) is 34.9 Å². The van der Waals surface area contributed by atoms with E-state index in [1.54, 1.807) is 10.7 Å². The molecule has 1 aromatic heterocycles. The van der Waals surface area contributed by atoms with Gasteiger partial charge in [-0.15, -0.1) is 12.8 Å². The number of nitrogens with zero attached hydrogens (tertiary/aromatic N) is 2. The van der Waals surface area contributed by atoms with Gasteiger partial charge in [-0.1, -0.05) is 12.0 Å². The van der Waals surface area contributed by atoms with Gasteiger partial charge in [-0.05, 0) is 43.9 Å². The Morgan fingerprint density at radius 1 is 1.19 bits per heavy atom. The maximum absolute atomic E-state index is 11.9. The third-order valence-corrected chi connectivity index (χ3v) is 3.68. The third kappa shape index (κ3) is 2.35. The summed E-state index contributed by atoms with van der Waals surface area (Å²) >= 11 is 0. The first-order valence-corrected chi connectivity index (χ1v) is 6.53. The zero-order valence-corrected chi connectivity index (χ0v) is 12.6. The summed E-state index contributed by atoms with van der Waals surface area (Å²) in [5.74, 6) is 4.51. The van der Waals surface area contributed by atoms with E-state index in [4.69, 9.17) is 12.8 Å². The van der Waals surface area contributed by atoms with E-state index in [-0.39, 0.29) is 5.78 Å². The maximum atomic E-state index is 11.9. The van der Waals surface area contributed by atoms with Gasteiger partial charge in [-0.25, -0.2) is 0 Å². The summed E-state index contributed by atoms with van der Waals surface area (Å²) in [5.41, 5.74) is 5.59. The minimum absolute atomic E-state index is 0.330. The highest BCUT2D eigenvalue weighted by atomic mass is 16.1. The van der Waals surface area contributed by atoms with E-state index in [1.165, 1.54) is 0 Å². The molecule has 0 amide bonds. The van der Waals surface area contributed by atoms with Crippen molar-refractivity contribution in [3.05, 3.63) is 40.1 Å². The van der Waals surface area contributed by atoms with Crippen LogP contribution in [-0.2, 0) is 7.05 Å². The molecular weight excluding hydrogens is 260 g/mol. The van der Waals surface area contributed by atoms with Gasteiger partial charge in [0.1, 0.15) is 5.69 Å². The number of carbonyl (C=O) groups is 1. The SMILES string of the molecule is C#CC(=O)c1cc(-c2nn(C)c(C)c2C#C)c(C)cc1C. The standard InChI is InChI=1S/C18H16N2O/c1-7-14-13(5)20(6)19-18(14)16-10-15(17(21)8-2)11(3)9-12(16)4/h1-2,9-10H,3-6H3. The smallest absolute Gasteiger partial charge is 0.235 e. The number of hydrogen-bond acceptors (Lipinski definition) is 2. The monoisotopic (exact) mass is 276 g/mol. The molecule has 0 aliphatic rings. The van der Waals surface area contributed by atoms with E-state index in [9.17, 15) is 4.79 Å². The van der Waals surface area contributed by atoms with Crippen molar-refractivity contribution < 1.29 is 4.79 Å². The fraction of sp³-hybridized carbons (Fsp3) is 0.222. The van der Waals surface area contributed by atoms with Gasteiger partial charge in [0.2, 0.25) is 5.78 Å². The van der Waals surface area contributed by atoms with Crippen molar-refractivity contribution in [3.8, 4) is 35.9 Å². The van der Waals surface area contributed by atoms with Crippen LogP contribution in [0, 0.1) is 45.5 Å². The average Bonchev–Trinajstić information content (AvgIpc) is 2.73. The molecule has 0 unspecified atom stereocenters. The Balaban J connectivity index is 2.77. The van der Waals surface area contributed by atoms with Crippen molar-refractivity contribution in [1.82, 2.24) is 9.78 Å². The number of aromatic nitrogens is 2. The first-order valence-electron chi connectivity index (χ1n) is 6.53. The molecule has 0 saturated carbocycles. The Labute approximate surface area is 125 Å². The molecule has 0 aliphatic carbocycles. The van der Waals surface area contributed by atoms with Gasteiger partial charge in [0.15, 0.2) is 0 Å². The molecule has 0 aliphatic heterocycles. The number of benzene rings is 1. The molecular formula is C18H16N2O. The normalized spacial score (nSPS) is 10.0. The highest BCUT2D eigenvalue weighted by molar-refractivity contribution is 6.10. The fourth-order valence-electron chi connectivity index (χ4n) is 2.40. The molecule has 3 nitrogen and oxygen atoms in total. The first-order chi connectivity index (χ1) is 9.90. The molecule has 2 rings (SSSR count). The molecule has 0 N–H and O–H groups in total. The van der Waals surface area contributed by atoms with Gasteiger partial charge < -0.3 is 0 Å². The van der Waals surface area contributed by atoms with Crippen LogP contribution in [0.3, 0.4) is 0 Å². The van der Waals surface area contributed by atoms with E-state index < -0.39 is 0 Å². The van der Waals surface area contributed by atoms with E-state index >= 15 is 0 Å². The molecule has 2 aromatic rings. The van der Waals surface area contributed by atoms with Gasteiger partial charge in [0.25, 0.3) is 0 Å². The zero-order chi connectivity index (χ0) is 15.7. The Bertz CT molecular complexity index is 826. The van der Waals surface area contributed by atoms with Crippen molar-refractivity contribution in [2.45, 2.75) is 20.8 Å². The number of carbonyl (C=O) groups excluding carboxylic acids is 1. The lowest BCUT2D eigenvalue weighted by molar-refractivity contribution is 0.105. The predicted octanol–water partition coefficient (Wildman–Crippen LogP) is 2.81. The van der Waals surface area contributed by atoms with Crippen LogP contribution in [0.5, 0.6) is 0 Å². The van der Waals surface area contributed by atoms with E-state index in [0.29, 0.717) is 11.3 Å². The Hall–Kier alpha value is -2.78. The highest BCUT2D eigenvalue weighted by Crippen LogP contribution is 2.29. The molecule has 0 bridgehead atoms. The minimum Gasteiger partial charge on any atom is -0.279 e. The summed E-state index contributed by atoms with van der Waals surface area (Å²) in [5, 5.41) is 4.48. The maximum Gasteiger partial charge on any atom is 0.235 e. The number of terminal acetylenes is 2. The lowest BCUT2D eigenvalue weighted by Gasteiger charge is -2.09. The lowest BCUT2D eigenvalue weighted by Crippen LogP contribution is -2.01. The van der Waals surface area contributed by atoms with Gasteiger partial charge >= 0.3 is 0 Å². The Kier molecular flexibility index (Phi) is 3.70. The minimum atomic E-state index is -0.330. The zero-order valence-electron chi connectivity index (χ0n) is 12.6. The molecule has 0 spiro atoms. The largest absolute Gasteiger partial charge is 0.279 e. The van der Waals surface area contributed by atoms with E-state index in [0.717, 1.165) is 27.9 Å². The second-order valence-electron chi connectivity index (χ2n) is 5.03. The number of hydrogen-bond donors (Lipinski definition) is 0. The second kappa shape index (κ2) is 5.31. The van der Waals surface area contributed by atoms with Crippen LogP contribution in [-0.4, -0.2) is 15.6 Å². The highest BCUT2D eigenvalue weighted by Gasteiger charge is 2.17. The molecule has 1 heterocycles. The molecule has 0 saturated heterocycles. The summed E-state index contributed by atoms with van der Waals surface area (Å²) in [7, 11) is 1.84. The molecule has 104 valence electrons. The Morgan fingerprint density at radius 2 is 1.86 bits per heavy atom. The lowest BCUT2D eigenvalue weighted by atomic mass is 9.94. The van der Waals surface area contributed by atoms with Crippen molar-refractivity contribution in [3.63, 3.8) is 0 Å². The van der Waals surface area contributed by atoms with Crippen molar-refractivity contribution in [2.24, 2.45) is 7.05 Å². The predicted molar refractivity (Wildman–Crippen MR) is 84.0 cm³/mol. The van der Waals surface area contributed by atoms with Gasteiger partial charge in [0, 0.05) is 18.2 Å². The number of aryl methyl sites for hydroxylation is 3. The average molecular weight is 276 g/mol. The fourth-order valence-corrected chi connectivity index (χ4v) is 2.40. The van der Waals surface area contributed by atoms with Gasteiger partial charge in [0.05, 0.1) is 11.3 Å². The first kappa shape index (κ1) is 14.6. The quantitative estimate of drug-likeness (QED) is 0.480. The van der Waals surface area contributed by atoms with Gasteiger partial charge in [-0.2, -0.15) is 5.10 Å². The summed E-state index contributed by atoms with van der Waals surface area (Å²) in [4.78, 5) is 11.9. The van der Waals surface area contributed by atoms with Crippen LogP contribution in [0.2, 0.25) is 0 Å². The summed E-state index contributed by atoms with van der Waals surface area (Å²) in [6.45, 7) is 5.76. The molecule has 0 atom stereocenters. The van der Waals surface area contributed by atoms with Crippen LogP contribution in [0.15, 0.2) is 12.1 Å². The molecule has 1 aromatic carbocycles. The van der Waals surface area contributed by atoms with Gasteiger partial charge in [-0.3, -0.25) is 9.48 Å².